The summed E-state index contributed by atoms with van der Waals surface area (Å²) in [4.78, 5) is 13.3. The number of carbonyl (C=O) groups is 1. The van der Waals surface area contributed by atoms with Gasteiger partial charge in [0.25, 0.3) is 0 Å². The lowest BCUT2D eigenvalue weighted by Crippen LogP contribution is -2.37. The normalized spacial score (nSPS) is 11.9. The lowest BCUT2D eigenvalue weighted by atomic mass is 10.1. The zero-order chi connectivity index (χ0) is 26.9. The molecule has 0 saturated heterocycles. The fraction of sp³-hybridized carbons (Fsp3) is 0.167. The third-order valence-corrected chi connectivity index (χ3v) is 8.43. The number of anilines is 1. The molecular formula is C30H28FN3O3S. The average molecular weight is 530 g/mol. The third-order valence-electron chi connectivity index (χ3n) is 6.62. The first-order valence-corrected chi connectivity index (χ1v) is 13.8. The van der Waals surface area contributed by atoms with Crippen LogP contribution in [0.25, 0.3) is 21.8 Å². The van der Waals surface area contributed by atoms with Gasteiger partial charge in [-0.3, -0.25) is 4.79 Å². The summed E-state index contributed by atoms with van der Waals surface area (Å²) in [5, 5.41) is 4.96. The Morgan fingerprint density at radius 1 is 0.895 bits per heavy atom. The van der Waals surface area contributed by atoms with Crippen LogP contribution < -0.4 is 5.32 Å². The highest BCUT2D eigenvalue weighted by molar-refractivity contribution is 7.89. The number of fused-ring (bicyclic) bond motifs is 3. The van der Waals surface area contributed by atoms with Gasteiger partial charge in [-0.15, -0.1) is 0 Å². The topological polar surface area (TPSA) is 71.4 Å². The van der Waals surface area contributed by atoms with Crippen LogP contribution in [0.5, 0.6) is 0 Å². The first-order valence-electron chi connectivity index (χ1n) is 12.4. The van der Waals surface area contributed by atoms with E-state index in [4.69, 9.17) is 0 Å². The van der Waals surface area contributed by atoms with Gasteiger partial charge < -0.3 is 9.88 Å². The van der Waals surface area contributed by atoms with Crippen LogP contribution in [-0.2, 0) is 27.9 Å². The molecule has 0 spiro atoms. The van der Waals surface area contributed by atoms with Gasteiger partial charge in [-0.25, -0.2) is 12.8 Å². The maximum Gasteiger partial charge on any atom is 0.243 e. The summed E-state index contributed by atoms with van der Waals surface area (Å²) in [6.45, 7) is 4.29. The molecule has 1 aromatic heterocycles. The molecule has 194 valence electrons. The summed E-state index contributed by atoms with van der Waals surface area (Å²) in [5.41, 5.74) is 4.25. The quantitative estimate of drug-likeness (QED) is 0.264. The Hall–Kier alpha value is -4.01. The molecule has 0 bridgehead atoms. The van der Waals surface area contributed by atoms with Gasteiger partial charge in [-0.1, -0.05) is 48.0 Å². The zero-order valence-corrected chi connectivity index (χ0v) is 22.0. The van der Waals surface area contributed by atoms with Gasteiger partial charge >= 0.3 is 0 Å². The molecule has 0 unspecified atom stereocenters. The predicted molar refractivity (Wildman–Crippen MR) is 149 cm³/mol. The van der Waals surface area contributed by atoms with Crippen molar-refractivity contribution in [2.24, 2.45) is 0 Å². The molecule has 0 fully saturated rings. The predicted octanol–water partition coefficient (Wildman–Crippen LogP) is 6.09. The Balaban J connectivity index is 1.44. The minimum Gasteiger partial charge on any atom is -0.341 e. The van der Waals surface area contributed by atoms with E-state index in [0.29, 0.717) is 11.3 Å². The van der Waals surface area contributed by atoms with E-state index in [-0.39, 0.29) is 11.4 Å². The van der Waals surface area contributed by atoms with Crippen molar-refractivity contribution in [3.63, 3.8) is 0 Å². The third kappa shape index (κ3) is 5.05. The molecule has 0 saturated carbocycles. The van der Waals surface area contributed by atoms with Crippen LogP contribution in [0.15, 0.2) is 95.9 Å². The van der Waals surface area contributed by atoms with Gasteiger partial charge in [0.1, 0.15) is 5.82 Å². The summed E-state index contributed by atoms with van der Waals surface area (Å²) in [5.74, 6) is -0.888. The van der Waals surface area contributed by atoms with Crippen LogP contribution in [0.3, 0.4) is 0 Å². The molecule has 6 nitrogen and oxygen atoms in total. The summed E-state index contributed by atoms with van der Waals surface area (Å²) in [6.07, 6.45) is 0. The number of rotatable bonds is 8. The first kappa shape index (κ1) is 25.6. The molecule has 0 atom stereocenters. The molecule has 1 amide bonds. The lowest BCUT2D eigenvalue weighted by Gasteiger charge is -2.22. The maximum absolute atomic E-state index is 13.5. The lowest BCUT2D eigenvalue weighted by molar-refractivity contribution is -0.116. The van der Waals surface area contributed by atoms with Crippen LogP contribution in [0.2, 0.25) is 0 Å². The molecule has 0 aliphatic carbocycles. The standard InChI is InChI=1S/C30H28FN3O3S/c1-3-34-28-7-5-4-6-26(28)27-18-24(14-17-29(27)34)32-30(35)20-33(19-22-10-12-23(31)13-11-22)38(36,37)25-15-8-21(2)9-16-25/h4-18H,3,19-20H2,1-2H3,(H,32,35). The summed E-state index contributed by atoms with van der Waals surface area (Å²) >= 11 is 0. The SMILES string of the molecule is CCn1c2ccccc2c2cc(NC(=O)CN(Cc3ccc(F)cc3)S(=O)(=O)c3ccc(C)cc3)ccc21. The van der Waals surface area contributed by atoms with Gasteiger partial charge in [0, 0.05) is 40.6 Å². The molecule has 1 heterocycles. The zero-order valence-electron chi connectivity index (χ0n) is 21.2. The minimum atomic E-state index is -4.00. The number of halogens is 1. The van der Waals surface area contributed by atoms with Gasteiger partial charge in [-0.05, 0) is 67.9 Å². The number of carbonyl (C=O) groups excluding carboxylic acids is 1. The second-order valence-electron chi connectivity index (χ2n) is 9.25. The van der Waals surface area contributed by atoms with E-state index in [1.807, 2.05) is 43.3 Å². The van der Waals surface area contributed by atoms with Crippen molar-refractivity contribution in [2.45, 2.75) is 31.8 Å². The second kappa shape index (κ2) is 10.4. The average Bonchev–Trinajstić information content (AvgIpc) is 3.22. The Morgan fingerprint density at radius 3 is 2.29 bits per heavy atom. The van der Waals surface area contributed by atoms with Crippen molar-refractivity contribution >= 4 is 43.4 Å². The van der Waals surface area contributed by atoms with Crippen molar-refractivity contribution in [1.29, 1.82) is 0 Å². The number of nitrogens with one attached hydrogen (secondary N) is 1. The van der Waals surface area contributed by atoms with E-state index in [9.17, 15) is 17.6 Å². The van der Waals surface area contributed by atoms with E-state index in [1.54, 1.807) is 12.1 Å². The van der Waals surface area contributed by atoms with Crippen LogP contribution >= 0.6 is 0 Å². The van der Waals surface area contributed by atoms with E-state index in [2.05, 4.69) is 22.9 Å². The summed E-state index contributed by atoms with van der Waals surface area (Å²) < 4.78 is 43.8. The minimum absolute atomic E-state index is 0.0765. The van der Waals surface area contributed by atoms with Crippen molar-refractivity contribution in [3.8, 4) is 0 Å². The van der Waals surface area contributed by atoms with Gasteiger partial charge in [0.05, 0.1) is 11.4 Å². The monoisotopic (exact) mass is 529 g/mol. The molecule has 0 radical (unpaired) electrons. The van der Waals surface area contributed by atoms with Crippen LogP contribution in [-0.4, -0.2) is 29.7 Å². The van der Waals surface area contributed by atoms with Crippen molar-refractivity contribution in [3.05, 3.63) is 108 Å². The fourth-order valence-electron chi connectivity index (χ4n) is 4.71. The molecule has 8 heteroatoms. The van der Waals surface area contributed by atoms with E-state index in [1.165, 1.54) is 36.4 Å². The smallest absolute Gasteiger partial charge is 0.243 e. The molecule has 5 rings (SSSR count). The Bertz CT molecular complexity index is 1730. The molecule has 0 aliphatic rings. The molecular weight excluding hydrogens is 501 g/mol. The van der Waals surface area contributed by atoms with Crippen molar-refractivity contribution in [1.82, 2.24) is 8.87 Å². The van der Waals surface area contributed by atoms with E-state index >= 15 is 0 Å². The summed E-state index contributed by atoms with van der Waals surface area (Å²) in [7, 11) is -4.00. The van der Waals surface area contributed by atoms with Crippen LogP contribution in [0, 0.1) is 12.7 Å². The van der Waals surface area contributed by atoms with Gasteiger partial charge in [0.15, 0.2) is 0 Å². The fourth-order valence-corrected chi connectivity index (χ4v) is 6.10. The molecule has 5 aromatic rings. The molecule has 4 aromatic carbocycles. The number of hydrogen-bond acceptors (Lipinski definition) is 3. The molecule has 0 aliphatic heterocycles. The van der Waals surface area contributed by atoms with Crippen molar-refractivity contribution in [2.75, 3.05) is 11.9 Å². The number of benzene rings is 4. The largest absolute Gasteiger partial charge is 0.341 e. The maximum atomic E-state index is 13.5. The number of amides is 1. The second-order valence-corrected chi connectivity index (χ2v) is 11.2. The van der Waals surface area contributed by atoms with Crippen LogP contribution in [0.4, 0.5) is 10.1 Å². The van der Waals surface area contributed by atoms with Gasteiger partial charge in [-0.2, -0.15) is 4.31 Å². The first-order chi connectivity index (χ1) is 18.3. The summed E-state index contributed by atoms with van der Waals surface area (Å²) in [6, 6.07) is 25.9. The van der Waals surface area contributed by atoms with E-state index < -0.39 is 28.3 Å². The van der Waals surface area contributed by atoms with Crippen LogP contribution in [0.1, 0.15) is 18.1 Å². The number of nitrogens with zero attached hydrogens (tertiary/aromatic N) is 2. The number of para-hydroxylation sites is 1. The molecule has 38 heavy (non-hydrogen) atoms. The number of hydrogen-bond donors (Lipinski definition) is 1. The number of sulfonamides is 1. The molecule has 1 N–H and O–H groups in total. The Labute approximate surface area is 221 Å². The van der Waals surface area contributed by atoms with Gasteiger partial charge in [0.2, 0.25) is 15.9 Å². The number of aromatic nitrogens is 1. The highest BCUT2D eigenvalue weighted by Gasteiger charge is 2.27. The Morgan fingerprint density at radius 2 is 1.58 bits per heavy atom. The highest BCUT2D eigenvalue weighted by atomic mass is 32.2. The Kier molecular flexibility index (Phi) is 7.01. The number of aryl methyl sites for hydroxylation is 2. The van der Waals surface area contributed by atoms with E-state index in [0.717, 1.165) is 38.2 Å². The van der Waals surface area contributed by atoms with Crippen molar-refractivity contribution < 1.29 is 17.6 Å². The highest BCUT2D eigenvalue weighted by Crippen LogP contribution is 2.31.